The summed E-state index contributed by atoms with van der Waals surface area (Å²) in [6.45, 7) is 6.37. The first-order chi connectivity index (χ1) is 9.97. The number of halogens is 1. The van der Waals surface area contributed by atoms with Crippen LogP contribution in [0, 0.1) is 20.8 Å². The largest absolute Gasteiger partial charge is 0.454 e. The Kier molecular flexibility index (Phi) is 3.68. The lowest BCUT2D eigenvalue weighted by Crippen LogP contribution is -2.03. The van der Waals surface area contributed by atoms with Crippen molar-refractivity contribution in [1.82, 2.24) is 0 Å². The molecule has 21 heavy (non-hydrogen) atoms. The molecule has 1 aliphatic heterocycles. The molecule has 0 amide bonds. The molecule has 110 valence electrons. The van der Waals surface area contributed by atoms with Crippen LogP contribution < -0.4 is 9.47 Å². The maximum atomic E-state index is 10.7. The van der Waals surface area contributed by atoms with Crippen molar-refractivity contribution in [2.75, 3.05) is 6.79 Å². The summed E-state index contributed by atoms with van der Waals surface area (Å²) >= 11 is 3.47. The van der Waals surface area contributed by atoms with E-state index in [0.29, 0.717) is 11.5 Å². The van der Waals surface area contributed by atoms with Crippen LogP contribution in [-0.4, -0.2) is 11.9 Å². The van der Waals surface area contributed by atoms with Crippen LogP contribution in [0.25, 0.3) is 0 Å². The minimum absolute atomic E-state index is 0.218. The molecule has 1 unspecified atom stereocenters. The van der Waals surface area contributed by atoms with Crippen LogP contribution in [0.4, 0.5) is 0 Å². The Morgan fingerprint density at radius 3 is 2.48 bits per heavy atom. The minimum atomic E-state index is -0.685. The van der Waals surface area contributed by atoms with Crippen molar-refractivity contribution in [2.45, 2.75) is 26.9 Å². The van der Waals surface area contributed by atoms with Crippen LogP contribution in [0.15, 0.2) is 28.7 Å². The van der Waals surface area contributed by atoms with E-state index in [9.17, 15) is 5.11 Å². The molecule has 1 aliphatic rings. The van der Waals surface area contributed by atoms with E-state index in [4.69, 9.17) is 9.47 Å². The van der Waals surface area contributed by atoms with Gasteiger partial charge in [-0.15, -0.1) is 0 Å². The van der Waals surface area contributed by atoms with Crippen molar-refractivity contribution in [3.05, 3.63) is 56.6 Å². The van der Waals surface area contributed by atoms with Gasteiger partial charge in [-0.3, -0.25) is 0 Å². The van der Waals surface area contributed by atoms with Gasteiger partial charge in [-0.2, -0.15) is 0 Å². The highest BCUT2D eigenvalue weighted by molar-refractivity contribution is 9.10. The number of ether oxygens (including phenoxy) is 2. The van der Waals surface area contributed by atoms with E-state index in [1.807, 2.05) is 25.1 Å². The second-order valence-electron chi connectivity index (χ2n) is 5.43. The van der Waals surface area contributed by atoms with E-state index in [0.717, 1.165) is 21.2 Å². The molecule has 0 fully saturated rings. The van der Waals surface area contributed by atoms with Gasteiger partial charge < -0.3 is 14.6 Å². The van der Waals surface area contributed by atoms with Crippen LogP contribution in [0.1, 0.15) is 33.9 Å². The Bertz CT molecular complexity index is 710. The zero-order chi connectivity index (χ0) is 15.1. The minimum Gasteiger partial charge on any atom is -0.454 e. The molecule has 0 radical (unpaired) electrons. The predicted molar refractivity (Wildman–Crippen MR) is 85.0 cm³/mol. The molecule has 0 bridgehead atoms. The lowest BCUT2D eigenvalue weighted by molar-refractivity contribution is 0.173. The number of hydrogen-bond acceptors (Lipinski definition) is 3. The summed E-state index contributed by atoms with van der Waals surface area (Å²) in [5, 5.41) is 10.7. The van der Waals surface area contributed by atoms with E-state index in [-0.39, 0.29) is 6.79 Å². The van der Waals surface area contributed by atoms with Gasteiger partial charge in [-0.05, 0) is 76.7 Å². The normalized spacial score (nSPS) is 14.3. The lowest BCUT2D eigenvalue weighted by atomic mass is 9.93. The third-order valence-electron chi connectivity index (χ3n) is 3.94. The van der Waals surface area contributed by atoms with Crippen LogP contribution in [-0.2, 0) is 0 Å². The van der Waals surface area contributed by atoms with Crippen molar-refractivity contribution < 1.29 is 14.6 Å². The van der Waals surface area contributed by atoms with Crippen molar-refractivity contribution >= 4 is 15.9 Å². The molecule has 3 nitrogen and oxygen atoms in total. The van der Waals surface area contributed by atoms with Gasteiger partial charge in [0.25, 0.3) is 0 Å². The van der Waals surface area contributed by atoms with Crippen molar-refractivity contribution in [2.24, 2.45) is 0 Å². The van der Waals surface area contributed by atoms with E-state index < -0.39 is 6.10 Å². The standard InChI is InChI=1S/C17H17BrO3/c1-9-4-11(3)13(5-10(9)2)16(19)12-6-14(18)17-15(7-12)20-8-21-17/h4-7,16,19H,8H2,1-3H3. The molecule has 0 aliphatic carbocycles. The van der Waals surface area contributed by atoms with Crippen LogP contribution in [0.3, 0.4) is 0 Å². The average Bonchev–Trinajstić information content (AvgIpc) is 2.91. The first kappa shape index (κ1) is 14.4. The van der Waals surface area contributed by atoms with Crippen molar-refractivity contribution in [1.29, 1.82) is 0 Å². The van der Waals surface area contributed by atoms with E-state index in [1.54, 1.807) is 0 Å². The molecule has 1 atom stereocenters. The highest BCUT2D eigenvalue weighted by atomic mass is 79.9. The second kappa shape index (κ2) is 5.35. The first-order valence-electron chi connectivity index (χ1n) is 6.82. The Morgan fingerprint density at radius 1 is 1.00 bits per heavy atom. The van der Waals surface area contributed by atoms with Gasteiger partial charge in [-0.1, -0.05) is 12.1 Å². The third-order valence-corrected chi connectivity index (χ3v) is 4.53. The van der Waals surface area contributed by atoms with E-state index >= 15 is 0 Å². The fourth-order valence-corrected chi connectivity index (χ4v) is 3.18. The van der Waals surface area contributed by atoms with Gasteiger partial charge in [0.05, 0.1) is 4.47 Å². The summed E-state index contributed by atoms with van der Waals surface area (Å²) in [5.74, 6) is 1.36. The summed E-state index contributed by atoms with van der Waals surface area (Å²) < 4.78 is 11.6. The number of aliphatic hydroxyl groups excluding tert-OH is 1. The molecule has 0 aromatic heterocycles. The fraction of sp³-hybridized carbons (Fsp3) is 0.294. The van der Waals surface area contributed by atoms with Gasteiger partial charge in [0.15, 0.2) is 11.5 Å². The second-order valence-corrected chi connectivity index (χ2v) is 6.29. The fourth-order valence-electron chi connectivity index (χ4n) is 2.60. The topological polar surface area (TPSA) is 38.7 Å². The summed E-state index contributed by atoms with van der Waals surface area (Å²) in [4.78, 5) is 0. The summed E-state index contributed by atoms with van der Waals surface area (Å²) in [6.07, 6.45) is -0.685. The smallest absolute Gasteiger partial charge is 0.231 e. The van der Waals surface area contributed by atoms with Gasteiger partial charge in [-0.25, -0.2) is 0 Å². The summed E-state index contributed by atoms with van der Waals surface area (Å²) in [7, 11) is 0. The van der Waals surface area contributed by atoms with Crippen molar-refractivity contribution in [3.8, 4) is 11.5 Å². The molecule has 0 saturated carbocycles. The van der Waals surface area contributed by atoms with Gasteiger partial charge in [0.1, 0.15) is 6.10 Å². The van der Waals surface area contributed by atoms with E-state index in [1.165, 1.54) is 11.1 Å². The Labute approximate surface area is 132 Å². The zero-order valence-corrected chi connectivity index (χ0v) is 13.8. The number of rotatable bonds is 2. The maximum Gasteiger partial charge on any atom is 0.231 e. The molecule has 1 N–H and O–H groups in total. The Balaban J connectivity index is 2.05. The van der Waals surface area contributed by atoms with Crippen LogP contribution in [0.2, 0.25) is 0 Å². The monoisotopic (exact) mass is 348 g/mol. The van der Waals surface area contributed by atoms with Gasteiger partial charge >= 0.3 is 0 Å². The quantitative estimate of drug-likeness (QED) is 0.884. The SMILES string of the molecule is Cc1cc(C)c(C(O)c2cc(Br)c3c(c2)OCO3)cc1C. The summed E-state index contributed by atoms with van der Waals surface area (Å²) in [6, 6.07) is 7.88. The number of aryl methyl sites for hydroxylation is 3. The van der Waals surface area contributed by atoms with Gasteiger partial charge in [0, 0.05) is 0 Å². The molecule has 3 rings (SSSR count). The van der Waals surface area contributed by atoms with Gasteiger partial charge in [0.2, 0.25) is 6.79 Å². The molecule has 1 heterocycles. The highest BCUT2D eigenvalue weighted by Crippen LogP contribution is 2.42. The molecule has 2 aromatic carbocycles. The molecular formula is C17H17BrO3. The lowest BCUT2D eigenvalue weighted by Gasteiger charge is -2.17. The van der Waals surface area contributed by atoms with Crippen LogP contribution >= 0.6 is 15.9 Å². The molecule has 0 spiro atoms. The molecule has 0 saturated heterocycles. The Hall–Kier alpha value is -1.52. The molecule has 4 heteroatoms. The third kappa shape index (κ3) is 2.54. The molecular weight excluding hydrogens is 332 g/mol. The number of benzene rings is 2. The Morgan fingerprint density at radius 2 is 1.71 bits per heavy atom. The average molecular weight is 349 g/mol. The number of fused-ring (bicyclic) bond motifs is 1. The number of aliphatic hydroxyl groups is 1. The van der Waals surface area contributed by atoms with Crippen molar-refractivity contribution in [3.63, 3.8) is 0 Å². The van der Waals surface area contributed by atoms with Crippen LogP contribution in [0.5, 0.6) is 11.5 Å². The molecule has 2 aromatic rings. The highest BCUT2D eigenvalue weighted by Gasteiger charge is 2.22. The number of hydrogen-bond donors (Lipinski definition) is 1. The summed E-state index contributed by atoms with van der Waals surface area (Å²) in [5.41, 5.74) is 5.20. The maximum absolute atomic E-state index is 10.7. The predicted octanol–water partition coefficient (Wildman–Crippen LogP) is 4.18. The first-order valence-corrected chi connectivity index (χ1v) is 7.61. The van der Waals surface area contributed by atoms with E-state index in [2.05, 4.69) is 35.8 Å². The zero-order valence-electron chi connectivity index (χ0n) is 12.2.